The van der Waals surface area contributed by atoms with Crippen molar-refractivity contribution in [2.24, 2.45) is 11.8 Å². The lowest BCUT2D eigenvalue weighted by atomic mass is 9.72. The predicted molar refractivity (Wildman–Crippen MR) is 111 cm³/mol. The van der Waals surface area contributed by atoms with Gasteiger partial charge in [-0.25, -0.2) is 8.78 Å². The molecule has 2 saturated heterocycles. The molecule has 0 aliphatic carbocycles. The second-order valence-electron chi connectivity index (χ2n) is 8.63. The summed E-state index contributed by atoms with van der Waals surface area (Å²) in [5, 5.41) is 14.9. The van der Waals surface area contributed by atoms with Gasteiger partial charge in [-0.3, -0.25) is 4.79 Å². The molecule has 0 spiro atoms. The number of hydrogen-bond acceptors (Lipinski definition) is 3. The van der Waals surface area contributed by atoms with Crippen molar-refractivity contribution in [1.29, 1.82) is 0 Å². The average molecular weight is 414 g/mol. The Labute approximate surface area is 175 Å². The summed E-state index contributed by atoms with van der Waals surface area (Å²) >= 11 is 0. The first kappa shape index (κ1) is 20.9. The zero-order valence-electron chi connectivity index (χ0n) is 17.3. The number of likely N-dealkylation sites (tertiary alicyclic amines) is 1. The molecule has 1 amide bonds. The minimum absolute atomic E-state index is 0.00834. The Balaban J connectivity index is 1.62. The summed E-state index contributed by atoms with van der Waals surface area (Å²) in [5.41, 5.74) is 0.00180. The number of aliphatic hydroxyl groups is 1. The van der Waals surface area contributed by atoms with Gasteiger partial charge in [-0.1, -0.05) is 43.3 Å². The maximum atomic E-state index is 14.4. The molecule has 160 valence electrons. The maximum absolute atomic E-state index is 14.4. The van der Waals surface area contributed by atoms with Crippen molar-refractivity contribution in [1.82, 2.24) is 10.2 Å². The molecule has 0 radical (unpaired) electrons. The number of rotatable bonds is 3. The van der Waals surface area contributed by atoms with Crippen molar-refractivity contribution in [3.8, 4) is 0 Å². The van der Waals surface area contributed by atoms with E-state index in [1.54, 1.807) is 4.90 Å². The number of carbonyl (C=O) groups excluding carboxylic acids is 1. The van der Waals surface area contributed by atoms with Gasteiger partial charge >= 0.3 is 0 Å². The smallest absolute Gasteiger partial charge is 0.227 e. The number of piperidine rings is 1. The number of amides is 1. The van der Waals surface area contributed by atoms with E-state index in [2.05, 4.69) is 5.32 Å². The average Bonchev–Trinajstić information content (AvgIpc) is 3.22. The molecular weight excluding hydrogens is 386 g/mol. The van der Waals surface area contributed by atoms with Crippen LogP contribution in [0.1, 0.15) is 37.3 Å². The Morgan fingerprint density at radius 3 is 2.57 bits per heavy atom. The summed E-state index contributed by atoms with van der Waals surface area (Å²) in [4.78, 5) is 15.3. The molecule has 0 bridgehead atoms. The van der Waals surface area contributed by atoms with Gasteiger partial charge in [-0.15, -0.1) is 0 Å². The number of benzene rings is 2. The van der Waals surface area contributed by atoms with E-state index in [-0.39, 0.29) is 17.7 Å². The normalized spacial score (nSPS) is 31.7. The fourth-order valence-corrected chi connectivity index (χ4v) is 5.21. The Bertz CT molecular complexity index is 923. The molecule has 30 heavy (non-hydrogen) atoms. The van der Waals surface area contributed by atoms with Gasteiger partial charge in [0.05, 0.1) is 12.0 Å². The van der Waals surface area contributed by atoms with Crippen LogP contribution >= 0.6 is 0 Å². The standard InChI is InChI=1S/C24H28F2N2O2/c1-15-10-11-28(16(2)24(15,30)17-6-4-3-5-7-17)23(29)21-14-27-13-20(21)19-9-8-18(25)12-22(19)26/h3-9,12,15-16,20-21,27,30H,10-11,13-14H2,1-2H3/t15-,16-,20-,21+,24-/m0/s1. The van der Waals surface area contributed by atoms with Gasteiger partial charge < -0.3 is 15.3 Å². The van der Waals surface area contributed by atoms with Crippen molar-refractivity contribution < 1.29 is 18.7 Å². The summed E-state index contributed by atoms with van der Waals surface area (Å²) in [6, 6.07) is 12.6. The van der Waals surface area contributed by atoms with E-state index in [0.29, 0.717) is 31.6 Å². The van der Waals surface area contributed by atoms with Crippen LogP contribution in [-0.2, 0) is 10.4 Å². The number of halogens is 2. The molecule has 4 rings (SSSR count). The van der Waals surface area contributed by atoms with Crippen LogP contribution in [0, 0.1) is 23.5 Å². The second-order valence-corrected chi connectivity index (χ2v) is 8.63. The van der Waals surface area contributed by atoms with Crippen molar-refractivity contribution in [2.75, 3.05) is 19.6 Å². The minimum atomic E-state index is -1.15. The van der Waals surface area contributed by atoms with E-state index >= 15 is 0 Å². The van der Waals surface area contributed by atoms with Crippen LogP contribution in [-0.4, -0.2) is 41.6 Å². The summed E-state index contributed by atoms with van der Waals surface area (Å²) in [6.07, 6.45) is 0.678. The zero-order valence-corrected chi connectivity index (χ0v) is 17.3. The second kappa shape index (κ2) is 8.08. The van der Waals surface area contributed by atoms with E-state index in [1.165, 1.54) is 12.1 Å². The van der Waals surface area contributed by atoms with Crippen LogP contribution in [0.4, 0.5) is 8.78 Å². The molecule has 0 aromatic heterocycles. The highest BCUT2D eigenvalue weighted by atomic mass is 19.1. The van der Waals surface area contributed by atoms with Crippen molar-refractivity contribution in [3.05, 3.63) is 71.3 Å². The molecule has 2 aromatic rings. The highest BCUT2D eigenvalue weighted by Gasteiger charge is 2.50. The van der Waals surface area contributed by atoms with E-state index in [4.69, 9.17) is 0 Å². The van der Waals surface area contributed by atoms with Gasteiger partial charge in [-0.05, 0) is 36.5 Å². The van der Waals surface area contributed by atoms with Crippen molar-refractivity contribution in [2.45, 2.75) is 37.8 Å². The summed E-state index contributed by atoms with van der Waals surface area (Å²) < 4.78 is 27.8. The van der Waals surface area contributed by atoms with Crippen LogP contribution < -0.4 is 5.32 Å². The number of nitrogens with zero attached hydrogens (tertiary/aromatic N) is 1. The van der Waals surface area contributed by atoms with E-state index in [0.717, 1.165) is 11.6 Å². The van der Waals surface area contributed by atoms with Crippen molar-refractivity contribution >= 4 is 5.91 Å². The SMILES string of the molecule is C[C@@H]1N(C(=O)[C@@H]2CNC[C@H]2c2ccc(F)cc2F)CC[C@H](C)[C@@]1(O)c1ccccc1. The third-order valence-electron chi connectivity index (χ3n) is 7.07. The molecule has 2 N–H and O–H groups in total. The number of hydrogen-bond donors (Lipinski definition) is 2. The van der Waals surface area contributed by atoms with E-state index < -0.39 is 29.2 Å². The molecule has 0 saturated carbocycles. The molecule has 6 heteroatoms. The van der Waals surface area contributed by atoms with Gasteiger partial charge in [0, 0.05) is 31.6 Å². The lowest BCUT2D eigenvalue weighted by Gasteiger charge is -2.50. The quantitative estimate of drug-likeness (QED) is 0.809. The number of carbonyl (C=O) groups is 1. The Morgan fingerprint density at radius 1 is 1.13 bits per heavy atom. The predicted octanol–water partition coefficient (Wildman–Crippen LogP) is 3.41. The van der Waals surface area contributed by atoms with Gasteiger partial charge in [0.25, 0.3) is 0 Å². The third kappa shape index (κ3) is 3.42. The Morgan fingerprint density at radius 2 is 1.87 bits per heavy atom. The monoisotopic (exact) mass is 414 g/mol. The molecule has 2 aliphatic heterocycles. The summed E-state index contributed by atoms with van der Waals surface area (Å²) in [6.45, 7) is 5.34. The molecule has 2 aliphatic rings. The summed E-state index contributed by atoms with van der Waals surface area (Å²) in [5.74, 6) is -2.18. The molecule has 0 unspecified atom stereocenters. The molecule has 2 fully saturated rings. The lowest BCUT2D eigenvalue weighted by Crippen LogP contribution is -2.60. The van der Waals surface area contributed by atoms with E-state index in [1.807, 2.05) is 44.2 Å². The Kier molecular flexibility index (Phi) is 5.64. The molecule has 2 heterocycles. The van der Waals surface area contributed by atoms with Gasteiger partial charge in [-0.2, -0.15) is 0 Å². The Hall–Kier alpha value is -2.31. The fourth-order valence-electron chi connectivity index (χ4n) is 5.21. The van der Waals surface area contributed by atoms with Crippen LogP contribution in [0.3, 0.4) is 0 Å². The highest BCUT2D eigenvalue weighted by molar-refractivity contribution is 5.81. The van der Waals surface area contributed by atoms with Gasteiger partial charge in [0.15, 0.2) is 0 Å². The number of nitrogens with one attached hydrogen (secondary N) is 1. The van der Waals surface area contributed by atoms with E-state index in [9.17, 15) is 18.7 Å². The first-order chi connectivity index (χ1) is 14.3. The van der Waals surface area contributed by atoms with Gasteiger partial charge in [0.2, 0.25) is 5.91 Å². The third-order valence-corrected chi connectivity index (χ3v) is 7.07. The van der Waals surface area contributed by atoms with Crippen LogP contribution in [0.25, 0.3) is 0 Å². The van der Waals surface area contributed by atoms with Crippen LogP contribution in [0.15, 0.2) is 48.5 Å². The highest BCUT2D eigenvalue weighted by Crippen LogP contribution is 2.42. The molecule has 4 nitrogen and oxygen atoms in total. The lowest BCUT2D eigenvalue weighted by molar-refractivity contribution is -0.159. The zero-order chi connectivity index (χ0) is 21.5. The minimum Gasteiger partial charge on any atom is -0.383 e. The molecule has 2 aromatic carbocycles. The van der Waals surface area contributed by atoms with Crippen LogP contribution in [0.2, 0.25) is 0 Å². The first-order valence-corrected chi connectivity index (χ1v) is 10.6. The molecular formula is C24H28F2N2O2. The summed E-state index contributed by atoms with van der Waals surface area (Å²) in [7, 11) is 0. The van der Waals surface area contributed by atoms with Crippen molar-refractivity contribution in [3.63, 3.8) is 0 Å². The topological polar surface area (TPSA) is 52.6 Å². The first-order valence-electron chi connectivity index (χ1n) is 10.6. The largest absolute Gasteiger partial charge is 0.383 e. The maximum Gasteiger partial charge on any atom is 0.227 e. The fraction of sp³-hybridized carbons (Fsp3) is 0.458. The molecule has 5 atom stereocenters. The van der Waals surface area contributed by atoms with Crippen LogP contribution in [0.5, 0.6) is 0 Å². The van der Waals surface area contributed by atoms with Gasteiger partial charge in [0.1, 0.15) is 17.2 Å².